The van der Waals surface area contributed by atoms with Crippen molar-refractivity contribution in [1.29, 1.82) is 0 Å². The van der Waals surface area contributed by atoms with Crippen LogP contribution >= 0.6 is 0 Å². The topological polar surface area (TPSA) is 21.9 Å². The highest BCUT2D eigenvalue weighted by Gasteiger charge is 2.28. The summed E-state index contributed by atoms with van der Waals surface area (Å²) in [6.45, 7) is 0. The zero-order chi connectivity index (χ0) is 28.7. The first kappa shape index (κ1) is 24.0. The molecule has 43 heavy (non-hydrogen) atoms. The number of benzene rings is 6. The summed E-state index contributed by atoms with van der Waals surface area (Å²) in [5.74, 6) is 1.90. The van der Waals surface area contributed by atoms with Gasteiger partial charge in [-0.25, -0.2) is 4.57 Å². The zero-order valence-electron chi connectivity index (χ0n) is 24.0. The average molecular weight is 555 g/mol. The van der Waals surface area contributed by atoms with Crippen LogP contribution in [0.5, 0.6) is 5.75 Å². The summed E-state index contributed by atoms with van der Waals surface area (Å²) in [6, 6.07) is 48.1. The highest BCUT2D eigenvalue weighted by atomic mass is 16.5. The normalized spacial score (nSPS) is 12.0. The lowest BCUT2D eigenvalue weighted by Gasteiger charge is -2.08. The van der Waals surface area contributed by atoms with E-state index in [1.807, 2.05) is 12.1 Å². The molecule has 3 aromatic heterocycles. The Kier molecular flexibility index (Phi) is 5.00. The van der Waals surface area contributed by atoms with Gasteiger partial charge in [-0.15, -0.1) is 0 Å². The Balaban J connectivity index is 1.75. The molecule has 0 fully saturated rings. The van der Waals surface area contributed by atoms with Crippen molar-refractivity contribution in [2.45, 2.75) is 0 Å². The summed E-state index contributed by atoms with van der Waals surface area (Å²) in [6.07, 6.45) is 0. The van der Waals surface area contributed by atoms with E-state index < -0.39 is 0 Å². The minimum absolute atomic E-state index is 0.841. The summed E-state index contributed by atoms with van der Waals surface area (Å²) in [4.78, 5) is 0. The van der Waals surface area contributed by atoms with E-state index in [2.05, 4.69) is 142 Å². The molecule has 0 aliphatic carbocycles. The number of aromatic nitrogens is 3. The Labute approximate surface area is 247 Å². The predicted molar refractivity (Wildman–Crippen MR) is 178 cm³/mol. The highest BCUT2D eigenvalue weighted by molar-refractivity contribution is 6.22. The van der Waals surface area contributed by atoms with Gasteiger partial charge in [0.2, 0.25) is 5.52 Å². The number of rotatable bonds is 2. The smallest absolute Gasteiger partial charge is 0.298 e. The molecule has 0 spiro atoms. The van der Waals surface area contributed by atoms with Crippen molar-refractivity contribution in [2.24, 2.45) is 7.05 Å². The molecule has 0 aliphatic rings. The zero-order valence-corrected chi connectivity index (χ0v) is 24.0. The lowest BCUT2D eigenvalue weighted by Crippen LogP contribution is -2.29. The van der Waals surface area contributed by atoms with E-state index >= 15 is 0 Å². The van der Waals surface area contributed by atoms with Crippen LogP contribution in [-0.2, 0) is 7.05 Å². The number of fused-ring (bicyclic) bond motifs is 9. The molecule has 4 nitrogen and oxygen atoms in total. The van der Waals surface area contributed by atoms with Crippen LogP contribution < -0.4 is 9.30 Å². The Morgan fingerprint density at radius 3 is 1.72 bits per heavy atom. The second-order valence-corrected chi connectivity index (χ2v) is 11.2. The molecule has 9 aromatic rings. The Hall–Kier alpha value is -5.61. The lowest BCUT2D eigenvalue weighted by atomic mass is 10.0. The third kappa shape index (κ3) is 3.18. The number of nitrogens with zero attached hydrogens (tertiary/aromatic N) is 3. The quantitative estimate of drug-likeness (QED) is 0.195. The summed E-state index contributed by atoms with van der Waals surface area (Å²) in [7, 11) is 3.91. The van der Waals surface area contributed by atoms with Crippen LogP contribution in [0.2, 0.25) is 0 Å². The first-order valence-corrected chi connectivity index (χ1v) is 14.6. The molecule has 0 unspecified atom stereocenters. The van der Waals surface area contributed by atoms with Gasteiger partial charge in [0.25, 0.3) is 5.82 Å². The fourth-order valence-electron chi connectivity index (χ4n) is 7.27. The van der Waals surface area contributed by atoms with E-state index in [9.17, 15) is 0 Å². The van der Waals surface area contributed by atoms with Gasteiger partial charge in [-0.1, -0.05) is 97.1 Å². The van der Waals surface area contributed by atoms with E-state index in [4.69, 9.17) is 4.74 Å². The largest absolute Gasteiger partial charge is 0.496 e. The molecule has 0 atom stereocenters. The second kappa shape index (κ2) is 8.94. The SMILES string of the molecule is COc1ccccc1-c1n2c3ccccc3c3ccccc3c3cccc4c5ccccc5n(c5cccc(c52)[n+]1C)c34. The summed E-state index contributed by atoms with van der Waals surface area (Å²) < 4.78 is 13.2. The highest BCUT2D eigenvalue weighted by Crippen LogP contribution is 2.39. The molecule has 204 valence electrons. The molecule has 0 aliphatic heterocycles. The van der Waals surface area contributed by atoms with Crippen molar-refractivity contribution in [1.82, 2.24) is 8.80 Å². The van der Waals surface area contributed by atoms with Crippen molar-refractivity contribution < 1.29 is 9.30 Å². The molecule has 0 saturated heterocycles. The van der Waals surface area contributed by atoms with Gasteiger partial charge >= 0.3 is 0 Å². The maximum absolute atomic E-state index is 5.95. The third-order valence-electron chi connectivity index (χ3n) is 9.04. The van der Waals surface area contributed by atoms with E-state index in [0.29, 0.717) is 0 Å². The third-order valence-corrected chi connectivity index (χ3v) is 9.04. The number of methoxy groups -OCH3 is 1. The van der Waals surface area contributed by atoms with Crippen LogP contribution in [0.4, 0.5) is 0 Å². The molecule has 6 aromatic carbocycles. The van der Waals surface area contributed by atoms with Gasteiger partial charge in [0.15, 0.2) is 5.52 Å². The first-order chi connectivity index (χ1) is 21.3. The molecule has 0 saturated carbocycles. The molecule has 4 heteroatoms. The maximum atomic E-state index is 5.95. The fourth-order valence-corrected chi connectivity index (χ4v) is 7.27. The molecule has 9 rings (SSSR count). The number of ether oxygens (including phenoxy) is 1. The van der Waals surface area contributed by atoms with E-state index in [1.165, 1.54) is 43.4 Å². The van der Waals surface area contributed by atoms with Gasteiger partial charge in [-0.2, -0.15) is 4.40 Å². The summed E-state index contributed by atoms with van der Waals surface area (Å²) >= 11 is 0. The van der Waals surface area contributed by atoms with E-state index in [0.717, 1.165) is 39.2 Å². The van der Waals surface area contributed by atoms with Crippen LogP contribution in [0.1, 0.15) is 0 Å². The lowest BCUT2D eigenvalue weighted by molar-refractivity contribution is -0.633. The van der Waals surface area contributed by atoms with E-state index in [-0.39, 0.29) is 0 Å². The predicted octanol–water partition coefficient (Wildman–Crippen LogP) is 9.02. The molecule has 0 amide bonds. The molecule has 0 radical (unpaired) electrons. The van der Waals surface area contributed by atoms with Crippen molar-refractivity contribution >= 4 is 65.4 Å². The molecule has 0 bridgehead atoms. The van der Waals surface area contributed by atoms with Crippen molar-refractivity contribution in [3.05, 3.63) is 133 Å². The minimum atomic E-state index is 0.841. The van der Waals surface area contributed by atoms with Gasteiger partial charge in [0.05, 0.1) is 30.7 Å². The number of para-hydroxylation sites is 5. The molecular formula is C39H28N3O+. The Bertz CT molecular complexity index is 2620. The number of hydrogen-bond acceptors (Lipinski definition) is 1. The molecule has 0 N–H and O–H groups in total. The fraction of sp³-hybridized carbons (Fsp3) is 0.0513. The Morgan fingerprint density at radius 1 is 0.465 bits per heavy atom. The van der Waals surface area contributed by atoms with Gasteiger partial charge in [-0.3, -0.25) is 0 Å². The van der Waals surface area contributed by atoms with Gasteiger partial charge in [-0.05, 0) is 47.2 Å². The summed E-state index contributed by atoms with van der Waals surface area (Å²) in [5.41, 5.74) is 8.01. The van der Waals surface area contributed by atoms with Gasteiger partial charge in [0.1, 0.15) is 16.8 Å². The van der Waals surface area contributed by atoms with Crippen molar-refractivity contribution in [2.75, 3.05) is 7.11 Å². The van der Waals surface area contributed by atoms with Crippen molar-refractivity contribution in [3.8, 4) is 17.1 Å². The van der Waals surface area contributed by atoms with Crippen LogP contribution in [0.3, 0.4) is 0 Å². The van der Waals surface area contributed by atoms with Crippen LogP contribution in [-0.4, -0.2) is 15.9 Å². The van der Waals surface area contributed by atoms with Crippen LogP contribution in [0, 0.1) is 0 Å². The first-order valence-electron chi connectivity index (χ1n) is 14.6. The van der Waals surface area contributed by atoms with Crippen LogP contribution in [0.25, 0.3) is 76.8 Å². The minimum Gasteiger partial charge on any atom is -0.496 e. The standard InChI is InChI=1S/C39H28N3O/c1-40-34-22-12-23-35-38(34)42(39(40)31-17-7-10-24-36(31)43-2)33-21-9-5-15-27(33)25-13-3-4-14-26(25)29-18-11-19-30-28-16-6-8-20-32(28)41(35)37(29)30/h3-24H,1-2H3/q+1. The van der Waals surface area contributed by atoms with Crippen molar-refractivity contribution in [3.63, 3.8) is 0 Å². The van der Waals surface area contributed by atoms with Gasteiger partial charge < -0.3 is 9.14 Å². The molecular weight excluding hydrogens is 526 g/mol. The maximum Gasteiger partial charge on any atom is 0.298 e. The number of imidazole rings is 1. The van der Waals surface area contributed by atoms with Gasteiger partial charge in [0, 0.05) is 21.5 Å². The average Bonchev–Trinajstić information content (AvgIpc) is 3.56. The summed E-state index contributed by atoms with van der Waals surface area (Å²) in [5, 5.41) is 7.33. The monoisotopic (exact) mass is 554 g/mol. The number of hydrogen-bond donors (Lipinski definition) is 0. The molecule has 3 heterocycles. The Morgan fingerprint density at radius 2 is 0.977 bits per heavy atom. The van der Waals surface area contributed by atoms with E-state index in [1.54, 1.807) is 7.11 Å². The van der Waals surface area contributed by atoms with Crippen LogP contribution in [0.15, 0.2) is 133 Å². The second-order valence-electron chi connectivity index (χ2n) is 11.2. The number of aryl methyl sites for hydroxylation is 1.